The van der Waals surface area contributed by atoms with E-state index < -0.39 is 0 Å². The van der Waals surface area contributed by atoms with Crippen LogP contribution >= 0.6 is 0 Å². The smallest absolute Gasteiger partial charge is 0.414 e. The number of methoxy groups -OCH3 is 1. The lowest BCUT2D eigenvalue weighted by Crippen LogP contribution is -2.32. The number of anilines is 3. The normalized spacial score (nSPS) is 18.5. The summed E-state index contributed by atoms with van der Waals surface area (Å²) in [6.07, 6.45) is 3.31. The summed E-state index contributed by atoms with van der Waals surface area (Å²) in [5.41, 5.74) is 4.98. The Labute approximate surface area is 187 Å². The van der Waals surface area contributed by atoms with Crippen molar-refractivity contribution in [3.05, 3.63) is 47.7 Å². The first-order valence-corrected chi connectivity index (χ1v) is 10.9. The molecule has 1 unspecified atom stereocenters. The average Bonchev–Trinajstić information content (AvgIpc) is 3.18. The van der Waals surface area contributed by atoms with Gasteiger partial charge in [-0.3, -0.25) is 4.90 Å². The fraction of sp³-hybridized carbons (Fsp3) is 0.375. The van der Waals surface area contributed by atoms with Gasteiger partial charge in [-0.05, 0) is 61.3 Å². The number of benzene rings is 2. The Morgan fingerprint density at radius 3 is 2.94 bits per heavy atom. The molecule has 166 valence electrons. The number of nitrogens with zero attached hydrogens (tertiary/aromatic N) is 4. The first-order valence-electron chi connectivity index (χ1n) is 10.9. The number of cyclic esters (lactones) is 1. The predicted molar refractivity (Wildman–Crippen MR) is 124 cm³/mol. The molecule has 0 spiro atoms. The fourth-order valence-electron chi connectivity index (χ4n) is 4.41. The van der Waals surface area contributed by atoms with Gasteiger partial charge in [0.05, 0.1) is 24.4 Å². The van der Waals surface area contributed by atoms with Gasteiger partial charge < -0.3 is 19.7 Å². The second-order valence-corrected chi connectivity index (χ2v) is 8.38. The summed E-state index contributed by atoms with van der Waals surface area (Å²) >= 11 is 0. The van der Waals surface area contributed by atoms with Gasteiger partial charge in [-0.25, -0.2) is 14.8 Å². The van der Waals surface area contributed by atoms with Gasteiger partial charge in [0.1, 0.15) is 12.4 Å². The number of hydrogen-bond acceptors (Lipinski definition) is 7. The molecule has 0 bridgehead atoms. The summed E-state index contributed by atoms with van der Waals surface area (Å²) in [6, 6.07) is 10.0. The molecule has 32 heavy (non-hydrogen) atoms. The summed E-state index contributed by atoms with van der Waals surface area (Å²) < 4.78 is 10.9. The summed E-state index contributed by atoms with van der Waals surface area (Å²) in [7, 11) is 3.80. The zero-order valence-electron chi connectivity index (χ0n) is 18.6. The predicted octanol–water partition coefficient (Wildman–Crippen LogP) is 4.11. The van der Waals surface area contributed by atoms with Crippen LogP contribution in [0.3, 0.4) is 0 Å². The molecule has 0 aliphatic carbocycles. The third-order valence-electron chi connectivity index (χ3n) is 6.25. The molecular weight excluding hydrogens is 406 g/mol. The number of likely N-dealkylation sites (N-methyl/N-ethyl adjacent to an activating group) is 1. The standard InChI is InChI=1S/C24H27N5O3/c1-4-18-14-32-24(30)29(18)19-6-5-16-12-25-23(26-20(16)11-19)27-21-9-17-13-28(2)8-7-15(17)10-22(21)31-3/h5-6,9-12,18H,4,7-8,13-14H2,1-3H3,(H,25,26,27). The number of carbonyl (C=O) groups is 1. The van der Waals surface area contributed by atoms with Crippen LogP contribution in [0, 0.1) is 0 Å². The molecule has 2 aliphatic heterocycles. The van der Waals surface area contributed by atoms with Crippen molar-refractivity contribution < 1.29 is 14.3 Å². The van der Waals surface area contributed by atoms with E-state index in [-0.39, 0.29) is 12.1 Å². The van der Waals surface area contributed by atoms with Crippen molar-refractivity contribution in [2.75, 3.05) is 37.5 Å². The van der Waals surface area contributed by atoms with Gasteiger partial charge in [-0.2, -0.15) is 0 Å². The molecule has 3 heterocycles. The Kier molecular flexibility index (Phi) is 5.30. The molecule has 8 nitrogen and oxygen atoms in total. The van der Waals surface area contributed by atoms with Crippen LogP contribution in [0.25, 0.3) is 10.9 Å². The average molecular weight is 434 g/mol. The Bertz CT molecular complexity index is 1180. The van der Waals surface area contributed by atoms with E-state index in [1.54, 1.807) is 18.2 Å². The number of aromatic nitrogens is 2. The number of carbonyl (C=O) groups excluding carboxylic acids is 1. The summed E-state index contributed by atoms with van der Waals surface area (Å²) in [5, 5.41) is 4.23. The van der Waals surface area contributed by atoms with Crippen molar-refractivity contribution in [2.45, 2.75) is 32.4 Å². The molecule has 2 aromatic carbocycles. The van der Waals surface area contributed by atoms with E-state index in [1.807, 2.05) is 18.2 Å². The van der Waals surface area contributed by atoms with Crippen molar-refractivity contribution in [1.29, 1.82) is 0 Å². The van der Waals surface area contributed by atoms with Gasteiger partial charge in [0.2, 0.25) is 5.95 Å². The molecule has 0 saturated carbocycles. The van der Waals surface area contributed by atoms with Crippen LogP contribution in [-0.2, 0) is 17.7 Å². The van der Waals surface area contributed by atoms with Crippen molar-refractivity contribution in [1.82, 2.24) is 14.9 Å². The maximum Gasteiger partial charge on any atom is 0.414 e. The molecule has 5 rings (SSSR count). The van der Waals surface area contributed by atoms with E-state index in [9.17, 15) is 4.79 Å². The van der Waals surface area contributed by atoms with E-state index >= 15 is 0 Å². The second-order valence-electron chi connectivity index (χ2n) is 8.38. The highest BCUT2D eigenvalue weighted by atomic mass is 16.6. The third-order valence-corrected chi connectivity index (χ3v) is 6.25. The first-order chi connectivity index (χ1) is 15.6. The topological polar surface area (TPSA) is 79.8 Å². The molecule has 3 aromatic rings. The number of ether oxygens (including phenoxy) is 2. The van der Waals surface area contributed by atoms with Crippen LogP contribution in [0.5, 0.6) is 5.75 Å². The number of rotatable bonds is 5. The van der Waals surface area contributed by atoms with Crippen molar-refractivity contribution in [3.8, 4) is 5.75 Å². The number of nitrogens with one attached hydrogen (secondary N) is 1. The number of fused-ring (bicyclic) bond motifs is 2. The van der Waals surface area contributed by atoms with Gasteiger partial charge in [-0.15, -0.1) is 0 Å². The molecule has 8 heteroatoms. The van der Waals surface area contributed by atoms with Crippen molar-refractivity contribution in [3.63, 3.8) is 0 Å². The SMILES string of the molecule is CCC1COC(=O)N1c1ccc2cnc(Nc3cc4c(cc3OC)CCN(C)C4)nc2c1. The van der Waals surface area contributed by atoms with Gasteiger partial charge in [0, 0.05) is 30.4 Å². The highest BCUT2D eigenvalue weighted by molar-refractivity contribution is 5.93. The molecule has 1 atom stereocenters. The summed E-state index contributed by atoms with van der Waals surface area (Å²) in [4.78, 5) is 25.5. The lowest BCUT2D eigenvalue weighted by Gasteiger charge is -2.26. The van der Waals surface area contributed by atoms with Gasteiger partial charge >= 0.3 is 6.09 Å². The second kappa shape index (κ2) is 8.27. The number of hydrogen-bond donors (Lipinski definition) is 1. The maximum absolute atomic E-state index is 12.2. The van der Waals surface area contributed by atoms with Crippen molar-refractivity contribution in [2.24, 2.45) is 0 Å². The largest absolute Gasteiger partial charge is 0.495 e. The van der Waals surface area contributed by atoms with Crippen LogP contribution in [0.4, 0.5) is 22.1 Å². The van der Waals surface area contributed by atoms with Crippen LogP contribution in [-0.4, -0.2) is 54.3 Å². The van der Waals surface area contributed by atoms with Crippen LogP contribution in [0.15, 0.2) is 36.5 Å². The van der Waals surface area contributed by atoms with E-state index in [4.69, 9.17) is 14.5 Å². The van der Waals surface area contributed by atoms with Crippen LogP contribution in [0.1, 0.15) is 24.5 Å². The molecule has 1 N–H and O–H groups in total. The fourth-order valence-corrected chi connectivity index (χ4v) is 4.41. The Hall–Kier alpha value is -3.39. The minimum Gasteiger partial charge on any atom is -0.495 e. The molecule has 1 aromatic heterocycles. The zero-order chi connectivity index (χ0) is 22.2. The molecular formula is C24H27N5O3. The minimum atomic E-state index is -0.313. The minimum absolute atomic E-state index is 0.0391. The lowest BCUT2D eigenvalue weighted by molar-refractivity contribution is 0.178. The molecule has 2 aliphatic rings. The quantitative estimate of drug-likeness (QED) is 0.649. The lowest BCUT2D eigenvalue weighted by atomic mass is 9.99. The Morgan fingerprint density at radius 2 is 2.12 bits per heavy atom. The monoisotopic (exact) mass is 433 g/mol. The molecule has 1 saturated heterocycles. The van der Waals surface area contributed by atoms with E-state index in [1.165, 1.54) is 11.1 Å². The van der Waals surface area contributed by atoms with Gasteiger partial charge in [-0.1, -0.05) is 6.92 Å². The van der Waals surface area contributed by atoms with Gasteiger partial charge in [0.15, 0.2) is 0 Å². The number of amides is 1. The van der Waals surface area contributed by atoms with Gasteiger partial charge in [0.25, 0.3) is 0 Å². The van der Waals surface area contributed by atoms with Crippen LogP contribution < -0.4 is 15.0 Å². The molecule has 0 radical (unpaired) electrons. The Morgan fingerprint density at radius 1 is 1.25 bits per heavy atom. The summed E-state index contributed by atoms with van der Waals surface area (Å²) in [5.74, 6) is 1.25. The van der Waals surface area contributed by atoms with E-state index in [2.05, 4.69) is 41.3 Å². The Balaban J connectivity index is 1.47. The molecule has 1 fully saturated rings. The van der Waals surface area contributed by atoms with Crippen molar-refractivity contribution >= 4 is 34.3 Å². The molecule has 1 amide bonds. The third kappa shape index (κ3) is 3.71. The van der Waals surface area contributed by atoms with Crippen LogP contribution in [0.2, 0.25) is 0 Å². The highest BCUT2D eigenvalue weighted by Crippen LogP contribution is 2.33. The maximum atomic E-state index is 12.2. The van der Waals surface area contributed by atoms with E-state index in [0.29, 0.717) is 12.6 Å². The van der Waals surface area contributed by atoms with E-state index in [0.717, 1.165) is 54.0 Å². The highest BCUT2D eigenvalue weighted by Gasteiger charge is 2.33. The summed E-state index contributed by atoms with van der Waals surface area (Å²) in [6.45, 7) is 4.41. The zero-order valence-corrected chi connectivity index (χ0v) is 18.6. The first kappa shape index (κ1) is 20.5.